The highest BCUT2D eigenvalue weighted by Crippen LogP contribution is 2.38. The fourth-order valence-corrected chi connectivity index (χ4v) is 4.30. The van der Waals surface area contributed by atoms with Gasteiger partial charge in [0.1, 0.15) is 29.2 Å². The Kier molecular flexibility index (Phi) is 6.75. The Labute approximate surface area is 214 Å². The van der Waals surface area contributed by atoms with E-state index in [2.05, 4.69) is 16.0 Å². The maximum absolute atomic E-state index is 12.4. The number of ether oxygens (including phenoxy) is 3. The predicted octanol–water partition coefficient (Wildman–Crippen LogP) is 4.70. The number of fused-ring (bicyclic) bond motifs is 1. The van der Waals surface area contributed by atoms with Crippen molar-refractivity contribution in [2.75, 3.05) is 34.4 Å². The number of hydrogen-bond acceptors (Lipinski definition) is 8. The van der Waals surface area contributed by atoms with Gasteiger partial charge in [0, 0.05) is 50.3 Å². The quantitative estimate of drug-likeness (QED) is 0.376. The molecule has 4 aromatic rings. The Morgan fingerprint density at radius 1 is 1.08 bits per heavy atom. The van der Waals surface area contributed by atoms with Crippen molar-refractivity contribution in [3.05, 3.63) is 59.9 Å². The molecule has 1 aliphatic heterocycles. The number of amides is 1. The van der Waals surface area contributed by atoms with Gasteiger partial charge in [-0.05, 0) is 30.3 Å². The number of nitriles is 1. The van der Waals surface area contributed by atoms with Gasteiger partial charge in [-0.3, -0.25) is 14.8 Å². The maximum atomic E-state index is 12.4. The Morgan fingerprint density at radius 3 is 2.62 bits per heavy atom. The molecule has 9 heteroatoms. The van der Waals surface area contributed by atoms with Crippen LogP contribution in [0.5, 0.6) is 11.5 Å². The number of hydrogen-bond donors (Lipinski definition) is 0. The Balaban J connectivity index is 1.51. The third-order valence-electron chi connectivity index (χ3n) is 6.26. The molecule has 0 radical (unpaired) electrons. The highest BCUT2D eigenvalue weighted by atomic mass is 16.5. The first-order valence-corrected chi connectivity index (χ1v) is 11.9. The molecule has 1 saturated heterocycles. The van der Waals surface area contributed by atoms with Gasteiger partial charge in [-0.2, -0.15) is 5.26 Å². The Bertz CT molecular complexity index is 1500. The average Bonchev–Trinajstić information content (AvgIpc) is 3.37. The molecule has 1 aromatic carbocycles. The molecule has 37 heavy (non-hydrogen) atoms. The summed E-state index contributed by atoms with van der Waals surface area (Å²) in [6.45, 7) is 1.29. The molecule has 0 bridgehead atoms. The molecule has 9 nitrogen and oxygen atoms in total. The van der Waals surface area contributed by atoms with E-state index in [4.69, 9.17) is 18.6 Å². The number of carbonyl (C=O) groups is 1. The zero-order valence-corrected chi connectivity index (χ0v) is 20.9. The summed E-state index contributed by atoms with van der Waals surface area (Å²) < 4.78 is 23.2. The second-order valence-corrected chi connectivity index (χ2v) is 8.91. The van der Waals surface area contributed by atoms with Gasteiger partial charge in [0.05, 0.1) is 43.3 Å². The molecule has 0 saturated carbocycles. The number of furan rings is 1. The molecule has 1 aliphatic rings. The molecule has 0 N–H and O–H groups in total. The van der Waals surface area contributed by atoms with Crippen molar-refractivity contribution in [2.45, 2.75) is 18.9 Å². The van der Waals surface area contributed by atoms with E-state index in [1.807, 2.05) is 6.07 Å². The fraction of sp³-hybridized carbons (Fsp3) is 0.286. The van der Waals surface area contributed by atoms with Crippen LogP contribution in [0.2, 0.25) is 0 Å². The average molecular weight is 499 g/mol. The van der Waals surface area contributed by atoms with E-state index in [0.717, 1.165) is 12.8 Å². The number of carbonyl (C=O) groups excluding carboxylic acids is 1. The largest absolute Gasteiger partial charge is 0.496 e. The number of aromatic nitrogens is 2. The minimum atomic E-state index is -0.123. The monoisotopic (exact) mass is 498 g/mol. The van der Waals surface area contributed by atoms with Crippen molar-refractivity contribution >= 4 is 17.0 Å². The minimum Gasteiger partial charge on any atom is -0.496 e. The minimum absolute atomic E-state index is 0.00292. The summed E-state index contributed by atoms with van der Waals surface area (Å²) in [5, 5.41) is 9.78. The van der Waals surface area contributed by atoms with Gasteiger partial charge in [0.15, 0.2) is 11.3 Å². The first-order chi connectivity index (χ1) is 18.0. The molecule has 4 heterocycles. The lowest BCUT2D eigenvalue weighted by molar-refractivity contribution is 0.0253. The van der Waals surface area contributed by atoms with Crippen LogP contribution >= 0.6 is 0 Å². The highest BCUT2D eigenvalue weighted by molar-refractivity contribution is 5.96. The molecule has 188 valence electrons. The highest BCUT2D eigenvalue weighted by Gasteiger charge is 2.21. The molecule has 5 rings (SSSR count). The van der Waals surface area contributed by atoms with Crippen LogP contribution in [0.3, 0.4) is 0 Å². The summed E-state index contributed by atoms with van der Waals surface area (Å²) in [6, 6.07) is 12.8. The molecule has 0 spiro atoms. The van der Waals surface area contributed by atoms with Gasteiger partial charge in [0.2, 0.25) is 0 Å². The predicted molar refractivity (Wildman–Crippen MR) is 136 cm³/mol. The van der Waals surface area contributed by atoms with Crippen LogP contribution in [-0.2, 0) is 4.74 Å². The molecule has 1 amide bonds. The van der Waals surface area contributed by atoms with Crippen LogP contribution in [-0.4, -0.2) is 61.3 Å². The summed E-state index contributed by atoms with van der Waals surface area (Å²) >= 11 is 0. The van der Waals surface area contributed by atoms with Crippen molar-refractivity contribution in [3.8, 4) is 40.1 Å². The molecule has 0 atom stereocenters. The van der Waals surface area contributed by atoms with Crippen molar-refractivity contribution < 1.29 is 23.4 Å². The second kappa shape index (κ2) is 10.3. The number of nitrogens with zero attached hydrogens (tertiary/aromatic N) is 4. The van der Waals surface area contributed by atoms with E-state index in [1.165, 1.54) is 4.90 Å². The topological polar surface area (TPSA) is 111 Å². The zero-order chi connectivity index (χ0) is 25.9. The summed E-state index contributed by atoms with van der Waals surface area (Å²) in [6.07, 6.45) is 4.82. The van der Waals surface area contributed by atoms with Crippen LogP contribution in [0.15, 0.2) is 53.2 Å². The van der Waals surface area contributed by atoms with E-state index < -0.39 is 0 Å². The van der Waals surface area contributed by atoms with Gasteiger partial charge in [0.25, 0.3) is 5.91 Å². The number of rotatable bonds is 6. The fourth-order valence-electron chi connectivity index (χ4n) is 4.30. The van der Waals surface area contributed by atoms with E-state index >= 15 is 0 Å². The summed E-state index contributed by atoms with van der Waals surface area (Å²) in [4.78, 5) is 22.9. The molecular weight excluding hydrogens is 472 g/mol. The lowest BCUT2D eigenvalue weighted by Gasteiger charge is -2.23. The van der Waals surface area contributed by atoms with Crippen LogP contribution in [0.4, 0.5) is 0 Å². The molecule has 3 aromatic heterocycles. The molecular formula is C28H26N4O5. The summed E-state index contributed by atoms with van der Waals surface area (Å²) in [7, 11) is 4.95. The third-order valence-corrected chi connectivity index (χ3v) is 6.26. The van der Waals surface area contributed by atoms with E-state index in [-0.39, 0.29) is 12.0 Å². The van der Waals surface area contributed by atoms with Gasteiger partial charge < -0.3 is 23.5 Å². The number of pyridine rings is 2. The lowest BCUT2D eigenvalue weighted by Crippen LogP contribution is -2.26. The van der Waals surface area contributed by atoms with Gasteiger partial charge in [-0.15, -0.1) is 0 Å². The van der Waals surface area contributed by atoms with Gasteiger partial charge in [-0.25, -0.2) is 0 Å². The first kappa shape index (κ1) is 24.3. The third kappa shape index (κ3) is 4.84. The summed E-state index contributed by atoms with van der Waals surface area (Å²) in [5.74, 6) is 1.38. The molecule has 1 fully saturated rings. The summed E-state index contributed by atoms with van der Waals surface area (Å²) in [5.41, 5.74) is 4.03. The zero-order valence-electron chi connectivity index (χ0n) is 20.9. The van der Waals surface area contributed by atoms with E-state index in [9.17, 15) is 10.1 Å². The molecule has 0 unspecified atom stereocenters. The normalized spacial score (nSPS) is 13.8. The van der Waals surface area contributed by atoms with E-state index in [1.54, 1.807) is 63.9 Å². The van der Waals surface area contributed by atoms with Crippen molar-refractivity contribution in [2.24, 2.45) is 0 Å². The Hall–Kier alpha value is -4.42. The van der Waals surface area contributed by atoms with Crippen molar-refractivity contribution in [1.29, 1.82) is 5.26 Å². The van der Waals surface area contributed by atoms with Gasteiger partial charge >= 0.3 is 0 Å². The Morgan fingerprint density at radius 2 is 1.89 bits per heavy atom. The standard InChI is InChI=1S/C28H26N4O5/c1-32(2)28(33)17-4-5-21(24(13-17)34-3)25-14-23-27(37-25)20(6-9-30-23)22-12-18(15-29)26(16-31-22)36-19-7-10-35-11-8-19/h4-6,9,12-14,16,19H,7-8,10-11H2,1-3H3. The van der Waals surface area contributed by atoms with Gasteiger partial charge in [-0.1, -0.05) is 0 Å². The van der Waals surface area contributed by atoms with Crippen LogP contribution in [0.25, 0.3) is 33.7 Å². The number of benzene rings is 1. The first-order valence-electron chi connectivity index (χ1n) is 11.9. The lowest BCUT2D eigenvalue weighted by atomic mass is 10.1. The van der Waals surface area contributed by atoms with Crippen LogP contribution in [0, 0.1) is 11.3 Å². The smallest absolute Gasteiger partial charge is 0.253 e. The SMILES string of the molecule is COc1cc(C(=O)N(C)C)ccc1-c1cc2nccc(-c3cc(C#N)c(OC4CCOCC4)cn3)c2o1. The van der Waals surface area contributed by atoms with Crippen LogP contribution in [0.1, 0.15) is 28.8 Å². The maximum Gasteiger partial charge on any atom is 0.253 e. The number of methoxy groups -OCH3 is 1. The molecule has 0 aliphatic carbocycles. The van der Waals surface area contributed by atoms with Crippen molar-refractivity contribution in [1.82, 2.24) is 14.9 Å². The van der Waals surface area contributed by atoms with Crippen LogP contribution < -0.4 is 9.47 Å². The van der Waals surface area contributed by atoms with E-state index in [0.29, 0.717) is 69.5 Å². The second-order valence-electron chi connectivity index (χ2n) is 8.91. The van der Waals surface area contributed by atoms with Crippen molar-refractivity contribution in [3.63, 3.8) is 0 Å².